The first kappa shape index (κ1) is 34.5. The van der Waals surface area contributed by atoms with Gasteiger partial charge in [0.2, 0.25) is 0 Å². The van der Waals surface area contributed by atoms with E-state index in [2.05, 4.69) is 27.7 Å². The Bertz CT molecular complexity index is 433. The summed E-state index contributed by atoms with van der Waals surface area (Å²) in [6.07, 6.45) is 33.5. The maximum atomic E-state index is 13.1. The average molecular weight is 495 g/mol. The first-order valence-corrected chi connectivity index (χ1v) is 16.3. The molecule has 35 heavy (non-hydrogen) atoms. The predicted molar refractivity (Wildman–Crippen MR) is 156 cm³/mol. The largest absolute Gasteiger partial charge is 0.465 e. The van der Waals surface area contributed by atoms with Crippen molar-refractivity contribution in [1.29, 1.82) is 0 Å². The fraction of sp³-hybridized carbons (Fsp3) is 0.970. The smallest absolute Gasteiger partial charge is 0.311 e. The number of carbonyl (C=O) groups excluding carboxylic acids is 1. The summed E-state index contributed by atoms with van der Waals surface area (Å²) in [6, 6.07) is 0. The van der Waals surface area contributed by atoms with Crippen molar-refractivity contribution >= 4 is 5.97 Å². The van der Waals surface area contributed by atoms with Gasteiger partial charge in [0.15, 0.2) is 0 Å². The van der Waals surface area contributed by atoms with Crippen molar-refractivity contribution in [2.45, 2.75) is 195 Å². The van der Waals surface area contributed by atoms with Crippen LogP contribution in [-0.2, 0) is 9.53 Å². The van der Waals surface area contributed by atoms with E-state index < -0.39 is 0 Å². The van der Waals surface area contributed by atoms with E-state index in [1.807, 2.05) is 0 Å². The first-order valence-electron chi connectivity index (χ1n) is 16.3. The quantitative estimate of drug-likeness (QED) is 0.0798. The van der Waals surface area contributed by atoms with Crippen LogP contribution in [0.4, 0.5) is 0 Å². The lowest BCUT2D eigenvalue weighted by Gasteiger charge is -2.27. The molecule has 0 aliphatic rings. The fourth-order valence-electron chi connectivity index (χ4n) is 5.20. The Kier molecular flexibility index (Phi) is 26.1. The molecule has 0 aromatic heterocycles. The van der Waals surface area contributed by atoms with Crippen molar-refractivity contribution in [2.75, 3.05) is 6.61 Å². The zero-order valence-corrected chi connectivity index (χ0v) is 24.9. The van der Waals surface area contributed by atoms with Gasteiger partial charge in [-0.25, -0.2) is 0 Å². The van der Waals surface area contributed by atoms with E-state index in [0.29, 0.717) is 6.61 Å². The van der Waals surface area contributed by atoms with Crippen LogP contribution in [0.15, 0.2) is 0 Å². The third-order valence-electron chi connectivity index (χ3n) is 7.89. The molecule has 210 valence electrons. The molecule has 0 radical (unpaired) electrons. The minimum atomic E-state index is -0.273. The summed E-state index contributed by atoms with van der Waals surface area (Å²) in [5.41, 5.74) is -0.273. The molecule has 2 heteroatoms. The second-order valence-electron chi connectivity index (χ2n) is 11.6. The second kappa shape index (κ2) is 26.5. The Hall–Kier alpha value is -0.530. The molecular weight excluding hydrogens is 428 g/mol. The lowest BCUT2D eigenvalue weighted by molar-refractivity contribution is -0.156. The molecule has 0 saturated heterocycles. The molecule has 0 aromatic rings. The highest BCUT2D eigenvalue weighted by atomic mass is 16.5. The highest BCUT2D eigenvalue weighted by Gasteiger charge is 2.33. The Morgan fingerprint density at radius 1 is 0.457 bits per heavy atom. The molecule has 0 bridgehead atoms. The standard InChI is InChI=1S/C33H66O2/c1-5-8-11-14-17-19-20-21-24-27-30-33(4,29-26-23-16-13-10-7-3)32(34)35-31-28-25-22-18-15-12-9-6-2/h5-31H2,1-4H3. The number of carbonyl (C=O) groups is 1. The molecule has 0 rings (SSSR count). The molecule has 0 aliphatic heterocycles. The van der Waals surface area contributed by atoms with Gasteiger partial charge < -0.3 is 4.74 Å². The maximum absolute atomic E-state index is 13.1. The molecule has 1 unspecified atom stereocenters. The van der Waals surface area contributed by atoms with Gasteiger partial charge >= 0.3 is 5.97 Å². The Morgan fingerprint density at radius 2 is 0.743 bits per heavy atom. The molecule has 2 nitrogen and oxygen atoms in total. The number of hydrogen-bond acceptors (Lipinski definition) is 2. The van der Waals surface area contributed by atoms with E-state index in [1.54, 1.807) is 0 Å². The van der Waals surface area contributed by atoms with Crippen LogP contribution in [-0.4, -0.2) is 12.6 Å². The second-order valence-corrected chi connectivity index (χ2v) is 11.6. The van der Waals surface area contributed by atoms with Crippen molar-refractivity contribution in [3.8, 4) is 0 Å². The van der Waals surface area contributed by atoms with Crippen LogP contribution >= 0.6 is 0 Å². The molecule has 0 N–H and O–H groups in total. The van der Waals surface area contributed by atoms with Gasteiger partial charge in [0.05, 0.1) is 12.0 Å². The summed E-state index contributed by atoms with van der Waals surface area (Å²) in [7, 11) is 0. The Labute approximate surface area is 222 Å². The van der Waals surface area contributed by atoms with Crippen molar-refractivity contribution in [2.24, 2.45) is 5.41 Å². The molecule has 0 saturated carbocycles. The van der Waals surface area contributed by atoms with Crippen LogP contribution in [0, 0.1) is 5.41 Å². The number of ether oxygens (including phenoxy) is 1. The van der Waals surface area contributed by atoms with Gasteiger partial charge in [-0.1, -0.05) is 168 Å². The highest BCUT2D eigenvalue weighted by molar-refractivity contribution is 5.76. The molecule has 0 spiro atoms. The minimum Gasteiger partial charge on any atom is -0.465 e. The van der Waals surface area contributed by atoms with Gasteiger partial charge in [-0.3, -0.25) is 4.79 Å². The zero-order chi connectivity index (χ0) is 25.9. The third-order valence-corrected chi connectivity index (χ3v) is 7.89. The lowest BCUT2D eigenvalue weighted by atomic mass is 9.79. The summed E-state index contributed by atoms with van der Waals surface area (Å²) in [5.74, 6) is 0.0879. The first-order chi connectivity index (χ1) is 17.1. The van der Waals surface area contributed by atoms with Crippen molar-refractivity contribution < 1.29 is 9.53 Å². The zero-order valence-electron chi connectivity index (χ0n) is 24.9. The van der Waals surface area contributed by atoms with E-state index in [4.69, 9.17) is 4.74 Å². The number of esters is 1. The summed E-state index contributed by atoms with van der Waals surface area (Å²) >= 11 is 0. The third kappa shape index (κ3) is 22.4. The van der Waals surface area contributed by atoms with E-state index in [9.17, 15) is 4.79 Å². The number of hydrogen-bond donors (Lipinski definition) is 0. The van der Waals surface area contributed by atoms with Gasteiger partial charge in [0, 0.05) is 0 Å². The molecule has 0 heterocycles. The van der Waals surface area contributed by atoms with Crippen LogP contribution in [0.2, 0.25) is 0 Å². The van der Waals surface area contributed by atoms with E-state index >= 15 is 0 Å². The van der Waals surface area contributed by atoms with E-state index in [0.717, 1.165) is 19.3 Å². The Balaban J connectivity index is 4.19. The van der Waals surface area contributed by atoms with Crippen molar-refractivity contribution in [1.82, 2.24) is 0 Å². The predicted octanol–water partition coefficient (Wildman–Crippen LogP) is 11.7. The van der Waals surface area contributed by atoms with Crippen LogP contribution in [0.5, 0.6) is 0 Å². The molecule has 1 atom stereocenters. The van der Waals surface area contributed by atoms with Crippen LogP contribution in [0.1, 0.15) is 195 Å². The number of rotatable bonds is 28. The summed E-state index contributed by atoms with van der Waals surface area (Å²) in [6.45, 7) is 9.64. The van der Waals surface area contributed by atoms with Crippen molar-refractivity contribution in [3.63, 3.8) is 0 Å². The van der Waals surface area contributed by atoms with E-state index in [-0.39, 0.29) is 11.4 Å². The topological polar surface area (TPSA) is 26.3 Å². The van der Waals surface area contributed by atoms with Gasteiger partial charge in [-0.2, -0.15) is 0 Å². The number of unbranched alkanes of at least 4 members (excludes halogenated alkanes) is 21. The lowest BCUT2D eigenvalue weighted by Crippen LogP contribution is -2.30. The monoisotopic (exact) mass is 495 g/mol. The highest BCUT2D eigenvalue weighted by Crippen LogP contribution is 2.33. The summed E-state index contributed by atoms with van der Waals surface area (Å²) < 4.78 is 5.85. The normalized spacial score (nSPS) is 13.1. The van der Waals surface area contributed by atoms with Crippen molar-refractivity contribution in [3.05, 3.63) is 0 Å². The van der Waals surface area contributed by atoms with Gasteiger partial charge in [0.25, 0.3) is 0 Å². The average Bonchev–Trinajstić information content (AvgIpc) is 2.86. The molecule has 0 fully saturated rings. The van der Waals surface area contributed by atoms with Crippen LogP contribution in [0.3, 0.4) is 0 Å². The molecule has 0 amide bonds. The van der Waals surface area contributed by atoms with Gasteiger partial charge in [-0.15, -0.1) is 0 Å². The van der Waals surface area contributed by atoms with E-state index in [1.165, 1.54) is 148 Å². The van der Waals surface area contributed by atoms with Crippen LogP contribution < -0.4 is 0 Å². The van der Waals surface area contributed by atoms with Gasteiger partial charge in [0.1, 0.15) is 0 Å². The molecule has 0 aromatic carbocycles. The summed E-state index contributed by atoms with van der Waals surface area (Å²) in [5, 5.41) is 0. The molecule has 0 aliphatic carbocycles. The summed E-state index contributed by atoms with van der Waals surface area (Å²) in [4.78, 5) is 13.1. The Morgan fingerprint density at radius 3 is 1.09 bits per heavy atom. The fourth-order valence-corrected chi connectivity index (χ4v) is 5.20. The molecular formula is C33H66O2. The SMILES string of the molecule is CCCCCCCCCCCCC(C)(CCCCCCCC)C(=O)OCCCCCCCCCC. The minimum absolute atomic E-state index is 0.0879. The van der Waals surface area contributed by atoms with Gasteiger partial charge in [-0.05, 0) is 26.2 Å². The van der Waals surface area contributed by atoms with Crippen LogP contribution in [0.25, 0.3) is 0 Å². The maximum Gasteiger partial charge on any atom is 0.311 e.